The third-order valence-corrected chi connectivity index (χ3v) is 3.07. The van der Waals surface area contributed by atoms with Crippen LogP contribution in [0.4, 0.5) is 13.2 Å². The second kappa shape index (κ2) is 4.97. The van der Waals surface area contributed by atoms with E-state index in [4.69, 9.17) is 5.11 Å². The first-order chi connectivity index (χ1) is 8.52. The third kappa shape index (κ3) is 2.33. The standard InChI is InChI=1S/C12H12F3NO2/c13-9-4-11(15)10(14)3-8(9)12(18)16-2-1-7(5-16)6-17/h3-4,7,17H,1-2,5-6H2. The van der Waals surface area contributed by atoms with Crippen molar-refractivity contribution < 1.29 is 23.1 Å². The molecule has 1 aliphatic rings. The maximum absolute atomic E-state index is 13.4. The van der Waals surface area contributed by atoms with E-state index in [1.54, 1.807) is 0 Å². The summed E-state index contributed by atoms with van der Waals surface area (Å²) in [6, 6.07) is 0.932. The van der Waals surface area contributed by atoms with E-state index in [-0.39, 0.29) is 12.5 Å². The van der Waals surface area contributed by atoms with Gasteiger partial charge in [-0.15, -0.1) is 0 Å². The summed E-state index contributed by atoms with van der Waals surface area (Å²) < 4.78 is 39.2. The Morgan fingerprint density at radius 3 is 2.56 bits per heavy atom. The molecule has 1 N–H and O–H groups in total. The van der Waals surface area contributed by atoms with Gasteiger partial charge in [0.15, 0.2) is 11.6 Å². The van der Waals surface area contributed by atoms with Crippen LogP contribution in [0.15, 0.2) is 12.1 Å². The van der Waals surface area contributed by atoms with Gasteiger partial charge < -0.3 is 10.0 Å². The molecule has 1 amide bonds. The van der Waals surface area contributed by atoms with Crippen LogP contribution >= 0.6 is 0 Å². The van der Waals surface area contributed by atoms with Crippen LogP contribution in [0, 0.1) is 23.4 Å². The van der Waals surface area contributed by atoms with Gasteiger partial charge in [0.1, 0.15) is 5.82 Å². The lowest BCUT2D eigenvalue weighted by atomic mass is 10.1. The lowest BCUT2D eigenvalue weighted by molar-refractivity contribution is 0.0776. The third-order valence-electron chi connectivity index (χ3n) is 3.07. The van der Waals surface area contributed by atoms with Gasteiger partial charge >= 0.3 is 0 Å². The number of carbonyl (C=O) groups is 1. The minimum atomic E-state index is -1.32. The van der Waals surface area contributed by atoms with E-state index in [0.29, 0.717) is 31.6 Å². The number of aliphatic hydroxyl groups excluding tert-OH is 1. The van der Waals surface area contributed by atoms with E-state index in [1.165, 1.54) is 4.90 Å². The van der Waals surface area contributed by atoms with Crippen molar-refractivity contribution in [2.45, 2.75) is 6.42 Å². The Morgan fingerprint density at radius 2 is 1.94 bits per heavy atom. The van der Waals surface area contributed by atoms with Crippen LogP contribution in [0.1, 0.15) is 16.8 Å². The van der Waals surface area contributed by atoms with Crippen molar-refractivity contribution in [3.63, 3.8) is 0 Å². The Hall–Kier alpha value is -1.56. The van der Waals surface area contributed by atoms with Gasteiger partial charge in [-0.1, -0.05) is 0 Å². The Bertz CT molecular complexity index is 479. The molecule has 6 heteroatoms. The molecule has 1 aromatic rings. The summed E-state index contributed by atoms with van der Waals surface area (Å²) >= 11 is 0. The molecule has 0 aliphatic carbocycles. The molecule has 1 heterocycles. The number of likely N-dealkylation sites (tertiary alicyclic amines) is 1. The predicted molar refractivity (Wildman–Crippen MR) is 57.4 cm³/mol. The molecule has 1 saturated heterocycles. The van der Waals surface area contributed by atoms with E-state index in [0.717, 1.165) is 0 Å². The molecule has 1 aliphatic heterocycles. The molecule has 1 unspecified atom stereocenters. The first-order valence-electron chi connectivity index (χ1n) is 5.57. The molecule has 98 valence electrons. The van der Waals surface area contributed by atoms with Gasteiger partial charge in [-0.3, -0.25) is 4.79 Å². The molecule has 18 heavy (non-hydrogen) atoms. The maximum Gasteiger partial charge on any atom is 0.256 e. The summed E-state index contributed by atoms with van der Waals surface area (Å²) in [6.07, 6.45) is 0.619. The fourth-order valence-electron chi connectivity index (χ4n) is 2.02. The number of hydrogen-bond donors (Lipinski definition) is 1. The zero-order valence-corrected chi connectivity index (χ0v) is 9.50. The average Bonchev–Trinajstić information content (AvgIpc) is 2.81. The van der Waals surface area contributed by atoms with E-state index < -0.39 is 28.9 Å². The number of benzene rings is 1. The molecule has 0 aromatic heterocycles. The van der Waals surface area contributed by atoms with Crippen LogP contribution < -0.4 is 0 Å². The lowest BCUT2D eigenvalue weighted by Gasteiger charge is -2.16. The fourth-order valence-corrected chi connectivity index (χ4v) is 2.02. The molecular formula is C12H12F3NO2. The molecule has 0 saturated carbocycles. The van der Waals surface area contributed by atoms with Crippen molar-refractivity contribution in [1.82, 2.24) is 4.90 Å². The molecule has 0 bridgehead atoms. The predicted octanol–water partition coefficient (Wildman–Crippen LogP) is 1.56. The SMILES string of the molecule is O=C(c1cc(F)c(F)cc1F)N1CCC(CO)C1. The fraction of sp³-hybridized carbons (Fsp3) is 0.417. The highest BCUT2D eigenvalue weighted by Crippen LogP contribution is 2.21. The summed E-state index contributed by atoms with van der Waals surface area (Å²) in [5.74, 6) is -4.37. The van der Waals surface area contributed by atoms with Crippen LogP contribution in [-0.2, 0) is 0 Å². The number of amides is 1. The van der Waals surface area contributed by atoms with Gasteiger partial charge in [0.2, 0.25) is 0 Å². The van der Waals surface area contributed by atoms with Gasteiger partial charge in [0, 0.05) is 31.7 Å². The van der Waals surface area contributed by atoms with Crippen molar-refractivity contribution in [3.8, 4) is 0 Å². The Labute approximate surface area is 102 Å². The second-order valence-electron chi connectivity index (χ2n) is 4.33. The summed E-state index contributed by atoms with van der Waals surface area (Å²) in [5, 5.41) is 8.95. The minimum Gasteiger partial charge on any atom is -0.396 e. The summed E-state index contributed by atoms with van der Waals surface area (Å²) in [5.41, 5.74) is -0.479. The Kier molecular flexibility index (Phi) is 3.56. The molecular weight excluding hydrogens is 247 g/mol. The quantitative estimate of drug-likeness (QED) is 0.819. The van der Waals surface area contributed by atoms with E-state index in [2.05, 4.69) is 0 Å². The molecule has 1 aromatic carbocycles. The smallest absolute Gasteiger partial charge is 0.256 e. The van der Waals surface area contributed by atoms with Crippen molar-refractivity contribution in [2.24, 2.45) is 5.92 Å². The summed E-state index contributed by atoms with van der Waals surface area (Å²) in [7, 11) is 0. The molecule has 0 radical (unpaired) electrons. The van der Waals surface area contributed by atoms with Crippen LogP contribution in [0.5, 0.6) is 0 Å². The Balaban J connectivity index is 2.22. The van der Waals surface area contributed by atoms with Crippen molar-refractivity contribution in [1.29, 1.82) is 0 Å². The zero-order valence-electron chi connectivity index (χ0n) is 9.50. The van der Waals surface area contributed by atoms with E-state index in [1.807, 2.05) is 0 Å². The van der Waals surface area contributed by atoms with Gasteiger partial charge in [0.05, 0.1) is 5.56 Å². The molecule has 0 spiro atoms. The maximum atomic E-state index is 13.4. The normalized spacial score (nSPS) is 19.3. The number of hydrogen-bond acceptors (Lipinski definition) is 2. The van der Waals surface area contributed by atoms with E-state index in [9.17, 15) is 18.0 Å². The van der Waals surface area contributed by atoms with Crippen LogP contribution in [0.25, 0.3) is 0 Å². The lowest BCUT2D eigenvalue weighted by Crippen LogP contribution is -2.30. The largest absolute Gasteiger partial charge is 0.396 e. The van der Waals surface area contributed by atoms with Gasteiger partial charge in [0.25, 0.3) is 5.91 Å². The average molecular weight is 259 g/mol. The second-order valence-corrected chi connectivity index (χ2v) is 4.33. The monoisotopic (exact) mass is 259 g/mol. The zero-order chi connectivity index (χ0) is 13.3. The number of nitrogens with zero attached hydrogens (tertiary/aromatic N) is 1. The first-order valence-corrected chi connectivity index (χ1v) is 5.57. The highest BCUT2D eigenvalue weighted by atomic mass is 19.2. The van der Waals surface area contributed by atoms with Crippen molar-refractivity contribution in [3.05, 3.63) is 35.1 Å². The first kappa shape index (κ1) is 12.9. The van der Waals surface area contributed by atoms with Crippen molar-refractivity contribution in [2.75, 3.05) is 19.7 Å². The van der Waals surface area contributed by atoms with Crippen LogP contribution in [0.2, 0.25) is 0 Å². The number of rotatable bonds is 2. The number of aliphatic hydroxyl groups is 1. The number of carbonyl (C=O) groups excluding carboxylic acids is 1. The van der Waals surface area contributed by atoms with Gasteiger partial charge in [-0.05, 0) is 12.5 Å². The summed E-state index contributed by atoms with van der Waals surface area (Å²) in [6.45, 7) is 0.625. The topological polar surface area (TPSA) is 40.5 Å². The molecule has 1 atom stereocenters. The molecule has 1 fully saturated rings. The molecule has 3 nitrogen and oxygen atoms in total. The van der Waals surface area contributed by atoms with Crippen molar-refractivity contribution >= 4 is 5.91 Å². The Morgan fingerprint density at radius 1 is 1.28 bits per heavy atom. The van der Waals surface area contributed by atoms with Gasteiger partial charge in [-0.2, -0.15) is 0 Å². The summed E-state index contributed by atoms with van der Waals surface area (Å²) in [4.78, 5) is 13.2. The number of halogens is 3. The highest BCUT2D eigenvalue weighted by molar-refractivity contribution is 5.94. The molecule has 2 rings (SSSR count). The highest BCUT2D eigenvalue weighted by Gasteiger charge is 2.28. The van der Waals surface area contributed by atoms with Crippen LogP contribution in [-0.4, -0.2) is 35.6 Å². The van der Waals surface area contributed by atoms with Gasteiger partial charge in [-0.25, -0.2) is 13.2 Å². The van der Waals surface area contributed by atoms with E-state index >= 15 is 0 Å². The minimum absolute atomic E-state index is 0.0395. The van der Waals surface area contributed by atoms with Crippen LogP contribution in [0.3, 0.4) is 0 Å².